The van der Waals surface area contributed by atoms with Gasteiger partial charge in [0.2, 0.25) is 0 Å². The van der Waals surface area contributed by atoms with Gasteiger partial charge in [-0.15, -0.1) is 0 Å². The summed E-state index contributed by atoms with van der Waals surface area (Å²) in [5, 5.41) is 0. The van der Waals surface area contributed by atoms with E-state index < -0.39 is 35.4 Å². The Labute approximate surface area is 753 Å². The van der Waals surface area contributed by atoms with Crippen LogP contribution in [-0.2, 0) is 41.6 Å². The minimum Gasteiger partial charge on any atom is -0.870 e. The van der Waals surface area contributed by atoms with Crippen LogP contribution in [0.5, 0.6) is 11.5 Å². The number of halogens is 3. The maximum Gasteiger partial charge on any atom is 1.00 e. The predicted octanol–water partition coefficient (Wildman–Crippen LogP) is 14.3. The molecule has 6 N–H and O–H groups in total. The van der Waals surface area contributed by atoms with Crippen LogP contribution in [0, 0.1) is 11.6 Å². The molecule has 3 fully saturated rings. The number of hydrogen-bond donors (Lipinski definition) is 3. The summed E-state index contributed by atoms with van der Waals surface area (Å²) in [5.41, 5.74) is 28.4. The number of nitrogen functional groups attached to an aromatic ring is 2. The summed E-state index contributed by atoms with van der Waals surface area (Å²) in [6.07, 6.45) is 18.9. The third-order valence-electron chi connectivity index (χ3n) is 23.8. The van der Waals surface area contributed by atoms with Gasteiger partial charge < -0.3 is 74.7 Å². The zero-order valence-electron chi connectivity index (χ0n) is 72.8. The van der Waals surface area contributed by atoms with Crippen LogP contribution in [0.4, 0.5) is 31.7 Å². The number of imidazole rings is 1. The van der Waals surface area contributed by atoms with Gasteiger partial charge >= 0.3 is 37.9 Å². The third kappa shape index (κ3) is 22.2. The molecule has 29 heteroatoms. The first-order valence-corrected chi connectivity index (χ1v) is 42.7. The predicted molar refractivity (Wildman–Crippen MR) is 485 cm³/mol. The van der Waals surface area contributed by atoms with E-state index in [4.69, 9.17) is 44.7 Å². The van der Waals surface area contributed by atoms with E-state index >= 15 is 8.78 Å². The SMILES string of the molecule is CC(=O)OCc1c(-c2ccnc(N)c2N)cccc1N1CCOc2cc(C3CC3)cc(F)c2C1=O.CC(=O)OCc1c(-c2ccnc3nc(-c4ccc(C5=CCN(C)CC5)cc4)[nH]c23)cccc1N1CCOc2cc(C3CC3)cc(F)c2C1=O.CN1CC=C(B2OC(C)(C)C(C)(C)O2)CC1.CN1CC=C(c2ccc(C=O)cc2)CC1.O=Cc1ccc(Br)cc1.[Li+].[OH-]. The van der Waals surface area contributed by atoms with Crippen molar-refractivity contribution < 1.29 is 90.1 Å². The maximum absolute atomic E-state index is 15.6. The smallest absolute Gasteiger partial charge is 0.870 e. The Kier molecular flexibility index (Phi) is 30.9. The van der Waals surface area contributed by atoms with Gasteiger partial charge in [0.05, 0.1) is 46.9 Å². The zero-order valence-corrected chi connectivity index (χ0v) is 74.4. The van der Waals surface area contributed by atoms with Crippen LogP contribution in [-0.4, -0.2) is 181 Å². The number of aromatic amines is 1. The molecule has 6 aliphatic heterocycles. The average Bonchev–Trinajstić information content (AvgIpc) is 1.44. The number of anilines is 4. The number of H-pyrrole nitrogens is 1. The molecule has 8 aliphatic rings. The van der Waals surface area contributed by atoms with E-state index in [1.165, 1.54) is 69.7 Å². The van der Waals surface area contributed by atoms with Crippen LogP contribution in [0.25, 0.3) is 56.0 Å². The van der Waals surface area contributed by atoms with Crippen molar-refractivity contribution in [2.24, 2.45) is 0 Å². The molecule has 7 aromatic carbocycles. The fourth-order valence-corrected chi connectivity index (χ4v) is 15.9. The number of nitrogens with one attached hydrogen (secondary N) is 1. The van der Waals surface area contributed by atoms with Crippen LogP contribution in [0.1, 0.15) is 173 Å². The molecule has 2 aliphatic carbocycles. The number of carbonyl (C=O) groups excluding carboxylic acids is 6. The van der Waals surface area contributed by atoms with Crippen molar-refractivity contribution in [3.8, 4) is 45.1 Å². The van der Waals surface area contributed by atoms with E-state index in [1.807, 2.05) is 54.6 Å². The zero-order chi connectivity index (χ0) is 87.7. The number of nitrogens with zero attached hydrogens (tertiary/aromatic N) is 8. The number of hydrogen-bond acceptors (Lipinski definition) is 21. The molecule has 18 rings (SSSR count). The maximum atomic E-state index is 15.6. The van der Waals surface area contributed by atoms with Crippen molar-refractivity contribution in [3.63, 3.8) is 0 Å². The second kappa shape index (κ2) is 41.4. The van der Waals surface area contributed by atoms with Gasteiger partial charge in [-0.1, -0.05) is 119 Å². The summed E-state index contributed by atoms with van der Waals surface area (Å²) in [4.78, 5) is 98.8. The van der Waals surface area contributed by atoms with E-state index in [0.29, 0.717) is 68.0 Å². The fraction of sp³-hybridized carbons (Fsp3) is 0.330. The first-order valence-electron chi connectivity index (χ1n) is 41.9. The first-order chi connectivity index (χ1) is 59.6. The van der Waals surface area contributed by atoms with Crippen molar-refractivity contribution in [2.45, 2.75) is 123 Å². The molecule has 10 aromatic rings. The second-order valence-corrected chi connectivity index (χ2v) is 34.1. The Morgan fingerprint density at radius 2 is 1.01 bits per heavy atom. The number of nitrogens with two attached hydrogens (primary N) is 2. The molecule has 9 heterocycles. The Hall–Kier alpha value is -11.3. The Bertz CT molecular complexity index is 5750. The van der Waals surface area contributed by atoms with Gasteiger partial charge in [0.25, 0.3) is 11.8 Å². The average molecular weight is 1770 g/mol. The molecule has 0 bridgehead atoms. The Balaban J connectivity index is 0.000000161. The van der Waals surface area contributed by atoms with Crippen LogP contribution in [0.2, 0.25) is 0 Å². The Morgan fingerprint density at radius 3 is 1.45 bits per heavy atom. The number of ether oxygens (including phenoxy) is 4. The molecular weight excluding hydrogens is 1660 g/mol. The molecule has 3 aromatic heterocycles. The largest absolute Gasteiger partial charge is 1.00 e. The number of rotatable bonds is 16. The standard InChI is InChI=1S/C39H36FN5O4.C26H25FN4O4.C13H15NO.C12H22BNO2.C7H5BrO.Li.H2O/c1-23(46)49-22-31-29(4-3-5-33(31)45-18-19-48-34-21-28(25-6-7-25)20-32(40)35(34)39(45)47)30-12-15-41-38-36(30)42-37(43-38)27-10-8-24(9-11-27)26-13-16-44(2)17-14-26;1-14(32)35-13-19-17(18-7-8-30-25(29)24(18)28)3-2-4-21(19)31-9-10-34-22-12-16(15-5-6-15)11-20(27)23(22)26(31)33;1-14-8-6-13(7-9-14)12-4-2-11(10-15)3-5-12;1-11(2)12(3,4)16-13(15-11)10-6-8-14(5)9-7-10;8-7-3-1-6(5-9)2-4-7;;/h3-5,8-13,15,20-21,25H,6-7,14,16-19,22H2,1-2H3,(H,41,42,43);2-4,7-8,11-12,15H,5-6,9-10,13,28H2,1H3,(H2,29,30);2-6,10H,7-9H2,1H3;6H,7-9H2,1-5H3;1-5H;;1H2/q;;;;;+1;/p-1. The monoisotopic (exact) mass is 1770 g/mol. The molecule has 126 heavy (non-hydrogen) atoms. The molecule has 2 saturated carbocycles. The molecule has 24 nitrogen and oxygen atoms in total. The molecule has 0 spiro atoms. The molecule has 0 radical (unpaired) electrons. The van der Waals surface area contributed by atoms with E-state index in [-0.39, 0.29) is 116 Å². The molecule has 1 saturated heterocycles. The van der Waals surface area contributed by atoms with Crippen LogP contribution in [0.15, 0.2) is 186 Å². The van der Waals surface area contributed by atoms with Gasteiger partial charge in [0.15, 0.2) is 5.65 Å². The number of fused-ring (bicyclic) bond motifs is 3. The number of likely N-dealkylation sites (N-methyl/N-ethyl adjacent to an activating group) is 3. The van der Waals surface area contributed by atoms with E-state index in [9.17, 15) is 28.8 Å². The number of aldehydes is 2. The molecule has 0 atom stereocenters. The summed E-state index contributed by atoms with van der Waals surface area (Å²) < 4.78 is 66.5. The van der Waals surface area contributed by atoms with Gasteiger partial charge in [0.1, 0.15) is 84.9 Å². The van der Waals surface area contributed by atoms with Crippen molar-refractivity contribution in [1.82, 2.24) is 34.6 Å². The van der Waals surface area contributed by atoms with E-state index in [1.54, 1.807) is 60.8 Å². The quantitative estimate of drug-likeness (QED) is 0.0460. The summed E-state index contributed by atoms with van der Waals surface area (Å²) in [6.45, 7) is 17.7. The van der Waals surface area contributed by atoms with Crippen LogP contribution < -0.4 is 49.6 Å². The van der Waals surface area contributed by atoms with Gasteiger partial charge in [0, 0.05) is 109 Å². The molecule has 650 valence electrons. The second-order valence-electron chi connectivity index (χ2n) is 33.2. The number of benzene rings is 7. The topological polar surface area (TPSA) is 310 Å². The first kappa shape index (κ1) is 93.9. The van der Waals surface area contributed by atoms with Gasteiger partial charge in [-0.3, -0.25) is 28.8 Å². The van der Waals surface area contributed by atoms with Crippen molar-refractivity contribution in [2.75, 3.05) is 108 Å². The number of pyridine rings is 2. The number of aromatic nitrogens is 4. The van der Waals surface area contributed by atoms with Crippen molar-refractivity contribution in [1.29, 1.82) is 0 Å². The fourth-order valence-electron chi connectivity index (χ4n) is 15.6. The van der Waals surface area contributed by atoms with Crippen LogP contribution >= 0.6 is 15.9 Å². The van der Waals surface area contributed by atoms with Gasteiger partial charge in [-0.2, -0.15) is 0 Å². The molecular formula is C97H104BBrF2LiN11O13. The van der Waals surface area contributed by atoms with E-state index in [0.717, 1.165) is 135 Å². The normalized spacial score (nSPS) is 17.1. The molecule has 2 amide bonds. The number of carbonyl (C=O) groups is 6. The Morgan fingerprint density at radius 1 is 0.571 bits per heavy atom. The van der Waals surface area contributed by atoms with Gasteiger partial charge in [-0.25, -0.2) is 23.7 Å². The van der Waals surface area contributed by atoms with E-state index in [2.05, 4.69) is 137 Å². The third-order valence-corrected chi connectivity index (χ3v) is 24.3. The van der Waals surface area contributed by atoms with Gasteiger partial charge in [-0.05, 0) is 216 Å². The van der Waals surface area contributed by atoms with Crippen molar-refractivity contribution >= 4 is 105 Å². The van der Waals surface area contributed by atoms with Crippen molar-refractivity contribution in [3.05, 3.63) is 253 Å². The van der Waals surface area contributed by atoms with Crippen LogP contribution in [0.3, 0.4) is 0 Å². The summed E-state index contributed by atoms with van der Waals surface area (Å²) in [5.74, 6) is -1.19. The summed E-state index contributed by atoms with van der Waals surface area (Å²) in [6, 6.07) is 44.2. The molecule has 0 unspecified atom stereocenters. The minimum absolute atomic E-state index is 0. The summed E-state index contributed by atoms with van der Waals surface area (Å²) >= 11 is 3.26. The number of amides is 2. The summed E-state index contributed by atoms with van der Waals surface area (Å²) in [7, 11) is 6.25. The minimum atomic E-state index is -0.606. The number of esters is 2.